The van der Waals surface area contributed by atoms with Crippen molar-refractivity contribution >= 4 is 15.9 Å². The number of benzene rings is 1. The van der Waals surface area contributed by atoms with Crippen LogP contribution in [0.5, 0.6) is 0 Å². The Hall–Kier alpha value is -1.60. The molecule has 0 unspecified atom stereocenters. The third-order valence-electron chi connectivity index (χ3n) is 2.79. The van der Waals surface area contributed by atoms with Gasteiger partial charge in [-0.3, -0.25) is 0 Å². The first-order chi connectivity index (χ1) is 8.04. The number of halogens is 1. The summed E-state index contributed by atoms with van der Waals surface area (Å²) in [4.78, 5) is 0. The largest absolute Gasteiger partial charge is 0.236 e. The van der Waals surface area contributed by atoms with Crippen molar-refractivity contribution in [2.45, 2.75) is 20.8 Å². The molecule has 0 spiro atoms. The molecule has 86 valence electrons. The Morgan fingerprint density at radius 1 is 1.29 bits per heavy atom. The lowest BCUT2D eigenvalue weighted by Gasteiger charge is -2.06. The molecule has 1 heterocycles. The highest BCUT2D eigenvalue weighted by molar-refractivity contribution is 9.10. The first-order valence-corrected chi connectivity index (χ1v) is 6.06. The van der Waals surface area contributed by atoms with Gasteiger partial charge in [0.1, 0.15) is 6.07 Å². The van der Waals surface area contributed by atoms with Gasteiger partial charge in [0, 0.05) is 4.47 Å². The fourth-order valence-corrected chi connectivity index (χ4v) is 2.06. The number of nitriles is 1. The molecule has 0 radical (unpaired) electrons. The maximum atomic E-state index is 9.05. The summed E-state index contributed by atoms with van der Waals surface area (Å²) in [6.45, 7) is 5.80. The zero-order chi connectivity index (χ0) is 12.6. The molecule has 0 atom stereocenters. The Kier molecular flexibility index (Phi) is 3.03. The molecule has 2 aromatic rings. The molecule has 0 aliphatic carbocycles. The third-order valence-corrected chi connectivity index (χ3v) is 3.68. The van der Waals surface area contributed by atoms with E-state index in [1.54, 1.807) is 0 Å². The summed E-state index contributed by atoms with van der Waals surface area (Å²) in [6.07, 6.45) is 0. The van der Waals surface area contributed by atoms with E-state index in [2.05, 4.69) is 27.1 Å². The topological polar surface area (TPSA) is 41.6 Å². The van der Waals surface area contributed by atoms with Crippen LogP contribution in [0.2, 0.25) is 0 Å². The fourth-order valence-electron chi connectivity index (χ4n) is 1.82. The molecule has 0 N–H and O–H groups in total. The van der Waals surface area contributed by atoms with Gasteiger partial charge in [-0.05, 0) is 44.5 Å². The molecule has 0 aliphatic heterocycles. The minimum Gasteiger partial charge on any atom is -0.236 e. The van der Waals surface area contributed by atoms with Crippen molar-refractivity contribution in [3.8, 4) is 11.8 Å². The second-order valence-corrected chi connectivity index (χ2v) is 4.86. The SMILES string of the molecule is Cc1cc(-n2nc(C)c(C#N)c2C)ccc1Br. The summed E-state index contributed by atoms with van der Waals surface area (Å²) in [5.74, 6) is 0. The van der Waals surface area contributed by atoms with Crippen molar-refractivity contribution in [2.24, 2.45) is 0 Å². The summed E-state index contributed by atoms with van der Waals surface area (Å²) >= 11 is 3.47. The van der Waals surface area contributed by atoms with E-state index in [1.165, 1.54) is 0 Å². The fraction of sp³-hybridized carbons (Fsp3) is 0.231. The van der Waals surface area contributed by atoms with E-state index in [1.807, 2.05) is 43.7 Å². The predicted molar refractivity (Wildman–Crippen MR) is 70.2 cm³/mol. The molecule has 17 heavy (non-hydrogen) atoms. The van der Waals surface area contributed by atoms with Crippen molar-refractivity contribution in [1.82, 2.24) is 9.78 Å². The molecular weight excluding hydrogens is 278 g/mol. The highest BCUT2D eigenvalue weighted by atomic mass is 79.9. The number of aryl methyl sites for hydroxylation is 2. The van der Waals surface area contributed by atoms with E-state index in [9.17, 15) is 0 Å². The first-order valence-electron chi connectivity index (χ1n) is 5.27. The van der Waals surface area contributed by atoms with Crippen LogP contribution in [0.1, 0.15) is 22.5 Å². The lowest BCUT2D eigenvalue weighted by atomic mass is 10.2. The average molecular weight is 290 g/mol. The van der Waals surface area contributed by atoms with Crippen molar-refractivity contribution in [3.05, 3.63) is 45.2 Å². The van der Waals surface area contributed by atoms with E-state index in [0.717, 1.165) is 27.1 Å². The molecular formula is C13H12BrN3. The molecule has 4 heteroatoms. The van der Waals surface area contributed by atoms with Crippen LogP contribution in [-0.4, -0.2) is 9.78 Å². The van der Waals surface area contributed by atoms with Crippen molar-refractivity contribution in [1.29, 1.82) is 5.26 Å². The summed E-state index contributed by atoms with van der Waals surface area (Å²) in [5, 5.41) is 13.4. The van der Waals surface area contributed by atoms with E-state index in [-0.39, 0.29) is 0 Å². The summed E-state index contributed by atoms with van der Waals surface area (Å²) < 4.78 is 2.89. The Balaban J connectivity index is 2.62. The normalized spacial score (nSPS) is 10.3. The van der Waals surface area contributed by atoms with Gasteiger partial charge in [-0.1, -0.05) is 15.9 Å². The summed E-state index contributed by atoms with van der Waals surface area (Å²) in [7, 11) is 0. The van der Waals surface area contributed by atoms with E-state index in [4.69, 9.17) is 5.26 Å². The molecule has 2 rings (SSSR count). The van der Waals surface area contributed by atoms with E-state index < -0.39 is 0 Å². The second-order valence-electron chi connectivity index (χ2n) is 4.00. The number of hydrogen-bond donors (Lipinski definition) is 0. The van der Waals surface area contributed by atoms with Crippen LogP contribution in [0.15, 0.2) is 22.7 Å². The van der Waals surface area contributed by atoms with Gasteiger partial charge in [-0.15, -0.1) is 0 Å². The van der Waals surface area contributed by atoms with Crippen molar-refractivity contribution in [3.63, 3.8) is 0 Å². The molecule has 0 amide bonds. The quantitative estimate of drug-likeness (QED) is 0.807. The first kappa shape index (κ1) is 11.9. The van der Waals surface area contributed by atoms with Gasteiger partial charge >= 0.3 is 0 Å². The zero-order valence-electron chi connectivity index (χ0n) is 9.95. The van der Waals surface area contributed by atoms with E-state index in [0.29, 0.717) is 5.56 Å². The average Bonchev–Trinajstić information content (AvgIpc) is 2.58. The number of nitrogens with zero attached hydrogens (tertiary/aromatic N) is 3. The molecule has 0 fully saturated rings. The lowest BCUT2D eigenvalue weighted by Crippen LogP contribution is -1.99. The molecule has 1 aromatic carbocycles. The predicted octanol–water partition coefficient (Wildman–Crippen LogP) is 3.43. The van der Waals surface area contributed by atoms with Crippen molar-refractivity contribution in [2.75, 3.05) is 0 Å². The number of hydrogen-bond acceptors (Lipinski definition) is 2. The molecule has 0 saturated carbocycles. The van der Waals surface area contributed by atoms with Gasteiger partial charge in [0.25, 0.3) is 0 Å². The van der Waals surface area contributed by atoms with Gasteiger partial charge < -0.3 is 0 Å². The molecule has 0 saturated heterocycles. The van der Waals surface area contributed by atoms with Gasteiger partial charge in [0.2, 0.25) is 0 Å². The molecule has 3 nitrogen and oxygen atoms in total. The van der Waals surface area contributed by atoms with Gasteiger partial charge in [0.05, 0.1) is 22.6 Å². The van der Waals surface area contributed by atoms with Crippen LogP contribution in [0.3, 0.4) is 0 Å². The smallest absolute Gasteiger partial charge is 0.103 e. The van der Waals surface area contributed by atoms with Crippen LogP contribution in [0.25, 0.3) is 5.69 Å². The zero-order valence-corrected chi connectivity index (χ0v) is 11.5. The third kappa shape index (κ3) is 1.98. The maximum absolute atomic E-state index is 9.05. The number of aromatic nitrogens is 2. The Morgan fingerprint density at radius 3 is 2.53 bits per heavy atom. The highest BCUT2D eigenvalue weighted by Crippen LogP contribution is 2.22. The maximum Gasteiger partial charge on any atom is 0.103 e. The van der Waals surface area contributed by atoms with Gasteiger partial charge in [-0.2, -0.15) is 10.4 Å². The minimum atomic E-state index is 0.658. The van der Waals surface area contributed by atoms with Crippen LogP contribution >= 0.6 is 15.9 Å². The van der Waals surface area contributed by atoms with E-state index >= 15 is 0 Å². The number of rotatable bonds is 1. The second kappa shape index (κ2) is 4.34. The molecule has 1 aromatic heterocycles. The van der Waals surface area contributed by atoms with Crippen molar-refractivity contribution < 1.29 is 0 Å². The Labute approximate surface area is 109 Å². The van der Waals surface area contributed by atoms with Crippen LogP contribution in [0.4, 0.5) is 0 Å². The highest BCUT2D eigenvalue weighted by Gasteiger charge is 2.12. The molecule has 0 aliphatic rings. The standard InChI is InChI=1S/C13H12BrN3/c1-8-6-11(4-5-13(8)14)17-10(3)12(7-15)9(2)16-17/h4-6H,1-3H3. The summed E-state index contributed by atoms with van der Waals surface area (Å²) in [5.41, 5.74) is 4.43. The minimum absolute atomic E-state index is 0.658. The monoisotopic (exact) mass is 289 g/mol. The van der Waals surface area contributed by atoms with Gasteiger partial charge in [-0.25, -0.2) is 4.68 Å². The van der Waals surface area contributed by atoms with Crippen LogP contribution < -0.4 is 0 Å². The van der Waals surface area contributed by atoms with Crippen LogP contribution in [0, 0.1) is 32.1 Å². The van der Waals surface area contributed by atoms with Gasteiger partial charge in [0.15, 0.2) is 0 Å². The lowest BCUT2D eigenvalue weighted by molar-refractivity contribution is 0.832. The Bertz CT molecular complexity index is 620. The summed E-state index contributed by atoms with van der Waals surface area (Å²) in [6, 6.07) is 8.21. The van der Waals surface area contributed by atoms with Crippen LogP contribution in [-0.2, 0) is 0 Å². The molecule has 0 bridgehead atoms. The Morgan fingerprint density at radius 2 is 2.00 bits per heavy atom.